The van der Waals surface area contributed by atoms with Gasteiger partial charge in [0.15, 0.2) is 0 Å². The van der Waals surface area contributed by atoms with Crippen LogP contribution in [0.4, 0.5) is 10.1 Å². The molecule has 0 aliphatic rings. The lowest BCUT2D eigenvalue weighted by Gasteiger charge is -2.24. The second kappa shape index (κ2) is 7.97. The molecule has 1 aromatic carbocycles. The minimum absolute atomic E-state index is 0.0646. The van der Waals surface area contributed by atoms with Gasteiger partial charge in [-0.1, -0.05) is 19.9 Å². The summed E-state index contributed by atoms with van der Waals surface area (Å²) in [6.07, 6.45) is 0.919. The number of halogens is 1. The van der Waals surface area contributed by atoms with E-state index < -0.39 is 0 Å². The maximum atomic E-state index is 13.0. The molecule has 0 spiro atoms. The predicted molar refractivity (Wildman–Crippen MR) is 78.2 cm³/mol. The highest BCUT2D eigenvalue weighted by atomic mass is 19.1. The van der Waals surface area contributed by atoms with Crippen molar-refractivity contribution in [2.45, 2.75) is 20.3 Å². The summed E-state index contributed by atoms with van der Waals surface area (Å²) in [6, 6.07) is 5.85. The highest BCUT2D eigenvalue weighted by Gasteiger charge is 2.17. The van der Waals surface area contributed by atoms with E-state index in [0.29, 0.717) is 18.8 Å². The van der Waals surface area contributed by atoms with E-state index in [2.05, 4.69) is 24.5 Å². The first-order valence-electron chi connectivity index (χ1n) is 6.68. The van der Waals surface area contributed by atoms with E-state index in [1.165, 1.54) is 12.1 Å². The van der Waals surface area contributed by atoms with Crippen LogP contribution >= 0.6 is 0 Å². The van der Waals surface area contributed by atoms with Crippen LogP contribution in [-0.2, 0) is 9.53 Å². The summed E-state index contributed by atoms with van der Waals surface area (Å²) in [7, 11) is 1.68. The molecule has 0 unspecified atom stereocenters. The summed E-state index contributed by atoms with van der Waals surface area (Å²) in [5.41, 5.74) is 0.533. The predicted octanol–water partition coefficient (Wildman–Crippen LogP) is 2.42. The maximum Gasteiger partial charge on any atom is 0.238 e. The van der Waals surface area contributed by atoms with Crippen molar-refractivity contribution in [1.29, 1.82) is 0 Å². The Labute approximate surface area is 119 Å². The van der Waals surface area contributed by atoms with Crippen molar-refractivity contribution < 1.29 is 13.9 Å². The van der Waals surface area contributed by atoms with Gasteiger partial charge in [-0.25, -0.2) is 4.39 Å². The molecule has 0 aromatic heterocycles. The molecule has 0 bridgehead atoms. The molecule has 0 heterocycles. The lowest BCUT2D eigenvalue weighted by atomic mass is 9.90. The minimum atomic E-state index is -0.364. The number of carbonyl (C=O) groups is 1. The SMILES string of the molecule is COCCC(C)(C)CNCC(=O)Nc1cccc(F)c1. The highest BCUT2D eigenvalue weighted by molar-refractivity contribution is 5.92. The molecule has 112 valence electrons. The molecular weight excluding hydrogens is 259 g/mol. The summed E-state index contributed by atoms with van der Waals surface area (Å²) < 4.78 is 18.0. The zero-order chi connectivity index (χ0) is 15.0. The van der Waals surface area contributed by atoms with E-state index in [0.717, 1.165) is 6.42 Å². The maximum absolute atomic E-state index is 13.0. The van der Waals surface area contributed by atoms with Crippen molar-refractivity contribution in [3.8, 4) is 0 Å². The standard InChI is InChI=1S/C15H23FN2O2/c1-15(2,7-8-20-3)11-17-10-14(19)18-13-6-4-5-12(16)9-13/h4-6,9,17H,7-8,10-11H2,1-3H3,(H,18,19). The average molecular weight is 282 g/mol. The Hall–Kier alpha value is -1.46. The molecule has 0 saturated heterocycles. The van der Waals surface area contributed by atoms with Crippen molar-refractivity contribution >= 4 is 11.6 Å². The zero-order valence-electron chi connectivity index (χ0n) is 12.3. The van der Waals surface area contributed by atoms with E-state index in [9.17, 15) is 9.18 Å². The Kier molecular flexibility index (Phi) is 6.61. The van der Waals surface area contributed by atoms with Crippen LogP contribution in [0.5, 0.6) is 0 Å². The summed E-state index contributed by atoms with van der Waals surface area (Å²) >= 11 is 0. The van der Waals surface area contributed by atoms with Crippen LogP contribution in [0.15, 0.2) is 24.3 Å². The Morgan fingerprint density at radius 1 is 1.40 bits per heavy atom. The van der Waals surface area contributed by atoms with E-state index in [4.69, 9.17) is 4.74 Å². The van der Waals surface area contributed by atoms with Crippen molar-refractivity contribution in [1.82, 2.24) is 5.32 Å². The van der Waals surface area contributed by atoms with E-state index in [1.54, 1.807) is 19.2 Å². The number of benzene rings is 1. The third-order valence-corrected chi connectivity index (χ3v) is 2.98. The highest BCUT2D eigenvalue weighted by Crippen LogP contribution is 2.18. The number of rotatable bonds is 8. The van der Waals surface area contributed by atoms with Gasteiger partial charge in [0.1, 0.15) is 5.82 Å². The van der Waals surface area contributed by atoms with Gasteiger partial charge < -0.3 is 15.4 Å². The van der Waals surface area contributed by atoms with Gasteiger partial charge in [0.2, 0.25) is 5.91 Å². The fourth-order valence-corrected chi connectivity index (χ4v) is 1.75. The number of methoxy groups -OCH3 is 1. The molecule has 4 nitrogen and oxygen atoms in total. The van der Waals surface area contributed by atoms with Crippen LogP contribution in [0.3, 0.4) is 0 Å². The minimum Gasteiger partial charge on any atom is -0.385 e. The van der Waals surface area contributed by atoms with Gasteiger partial charge in [-0.05, 0) is 30.0 Å². The number of hydrogen-bond donors (Lipinski definition) is 2. The Balaban J connectivity index is 2.30. The van der Waals surface area contributed by atoms with Crippen LogP contribution in [0.1, 0.15) is 20.3 Å². The molecule has 0 atom stereocenters. The van der Waals surface area contributed by atoms with Crippen LogP contribution in [0.25, 0.3) is 0 Å². The fraction of sp³-hybridized carbons (Fsp3) is 0.533. The summed E-state index contributed by atoms with van der Waals surface area (Å²) in [5, 5.41) is 5.75. The van der Waals surface area contributed by atoms with Gasteiger partial charge in [-0.15, -0.1) is 0 Å². The van der Waals surface area contributed by atoms with Gasteiger partial charge >= 0.3 is 0 Å². The smallest absolute Gasteiger partial charge is 0.238 e. The molecule has 1 aromatic rings. The van der Waals surface area contributed by atoms with Gasteiger partial charge in [0, 0.05) is 25.9 Å². The third-order valence-electron chi connectivity index (χ3n) is 2.98. The Morgan fingerprint density at radius 2 is 2.15 bits per heavy atom. The van der Waals surface area contributed by atoms with Crippen molar-refractivity contribution in [2.24, 2.45) is 5.41 Å². The molecule has 1 rings (SSSR count). The average Bonchev–Trinajstić information content (AvgIpc) is 2.36. The largest absolute Gasteiger partial charge is 0.385 e. The molecule has 0 saturated carbocycles. The number of amides is 1. The van der Waals surface area contributed by atoms with Crippen molar-refractivity contribution in [3.05, 3.63) is 30.1 Å². The van der Waals surface area contributed by atoms with E-state index in [1.807, 2.05) is 0 Å². The van der Waals surface area contributed by atoms with Crippen molar-refractivity contribution in [2.75, 3.05) is 32.1 Å². The first kappa shape index (κ1) is 16.6. The van der Waals surface area contributed by atoms with Gasteiger partial charge in [-0.3, -0.25) is 4.79 Å². The number of nitrogens with one attached hydrogen (secondary N) is 2. The lowest BCUT2D eigenvalue weighted by molar-refractivity contribution is -0.115. The fourth-order valence-electron chi connectivity index (χ4n) is 1.75. The van der Waals surface area contributed by atoms with E-state index in [-0.39, 0.29) is 23.7 Å². The van der Waals surface area contributed by atoms with Crippen molar-refractivity contribution in [3.63, 3.8) is 0 Å². The van der Waals surface area contributed by atoms with Gasteiger partial charge in [-0.2, -0.15) is 0 Å². The Bertz CT molecular complexity index is 436. The normalized spacial score (nSPS) is 11.4. The summed E-state index contributed by atoms with van der Waals surface area (Å²) in [6.45, 7) is 5.84. The van der Waals surface area contributed by atoms with Crippen LogP contribution in [-0.4, -0.2) is 32.7 Å². The summed E-state index contributed by atoms with van der Waals surface area (Å²) in [4.78, 5) is 11.7. The second-order valence-electron chi connectivity index (χ2n) is 5.57. The van der Waals surface area contributed by atoms with E-state index >= 15 is 0 Å². The molecular formula is C15H23FN2O2. The monoisotopic (exact) mass is 282 g/mol. The van der Waals surface area contributed by atoms with Gasteiger partial charge in [0.05, 0.1) is 6.54 Å². The van der Waals surface area contributed by atoms with Crippen LogP contribution < -0.4 is 10.6 Å². The second-order valence-corrected chi connectivity index (χ2v) is 5.57. The first-order valence-corrected chi connectivity index (χ1v) is 6.68. The number of anilines is 1. The summed E-state index contributed by atoms with van der Waals surface area (Å²) in [5.74, 6) is -0.547. The molecule has 5 heteroatoms. The molecule has 2 N–H and O–H groups in total. The number of hydrogen-bond acceptors (Lipinski definition) is 3. The van der Waals surface area contributed by atoms with Gasteiger partial charge in [0.25, 0.3) is 0 Å². The zero-order valence-corrected chi connectivity index (χ0v) is 12.3. The number of ether oxygens (including phenoxy) is 1. The first-order chi connectivity index (χ1) is 9.43. The third kappa shape index (κ3) is 6.63. The van der Waals surface area contributed by atoms with Crippen LogP contribution in [0.2, 0.25) is 0 Å². The molecule has 0 aliphatic heterocycles. The molecule has 0 fully saturated rings. The Morgan fingerprint density at radius 3 is 2.80 bits per heavy atom. The molecule has 1 amide bonds. The number of carbonyl (C=O) groups excluding carboxylic acids is 1. The molecule has 0 aliphatic carbocycles. The van der Waals surface area contributed by atoms with Crippen LogP contribution in [0, 0.1) is 11.2 Å². The quantitative estimate of drug-likeness (QED) is 0.770. The lowest BCUT2D eigenvalue weighted by Crippen LogP contribution is -2.35. The molecule has 0 radical (unpaired) electrons. The topological polar surface area (TPSA) is 50.4 Å². The molecule has 20 heavy (non-hydrogen) atoms.